The van der Waals surface area contributed by atoms with Crippen molar-refractivity contribution in [2.24, 2.45) is 11.7 Å². The summed E-state index contributed by atoms with van der Waals surface area (Å²) in [5.41, 5.74) is 9.77. The second-order valence-electron chi connectivity index (χ2n) is 5.01. The minimum absolute atomic E-state index is 0.641. The molecule has 0 spiro atoms. The second kappa shape index (κ2) is 4.88. The van der Waals surface area contributed by atoms with Crippen LogP contribution in [0.2, 0.25) is 0 Å². The third-order valence-corrected chi connectivity index (χ3v) is 3.59. The Morgan fingerprint density at radius 1 is 1.31 bits per heavy atom. The third kappa shape index (κ3) is 2.38. The van der Waals surface area contributed by atoms with Crippen molar-refractivity contribution in [1.29, 1.82) is 0 Å². The topological polar surface area (TPSA) is 29.3 Å². The van der Waals surface area contributed by atoms with E-state index >= 15 is 0 Å². The van der Waals surface area contributed by atoms with Crippen molar-refractivity contribution < 1.29 is 0 Å². The van der Waals surface area contributed by atoms with Crippen LogP contribution >= 0.6 is 0 Å². The first-order chi connectivity index (χ1) is 7.70. The van der Waals surface area contributed by atoms with Crippen molar-refractivity contribution >= 4 is 5.69 Å². The van der Waals surface area contributed by atoms with Gasteiger partial charge in [0.25, 0.3) is 0 Å². The maximum absolute atomic E-state index is 5.81. The lowest BCUT2D eigenvalue weighted by Crippen LogP contribution is -2.33. The average Bonchev–Trinajstić information content (AvgIpc) is 2.30. The van der Waals surface area contributed by atoms with Crippen LogP contribution < -0.4 is 10.6 Å². The molecule has 0 atom stereocenters. The van der Waals surface area contributed by atoms with Gasteiger partial charge in [-0.2, -0.15) is 0 Å². The molecule has 1 aliphatic rings. The molecule has 88 valence electrons. The van der Waals surface area contributed by atoms with Crippen LogP contribution in [0.5, 0.6) is 0 Å². The first kappa shape index (κ1) is 11.5. The quantitative estimate of drug-likeness (QED) is 0.827. The van der Waals surface area contributed by atoms with Gasteiger partial charge in [0.1, 0.15) is 0 Å². The van der Waals surface area contributed by atoms with Gasteiger partial charge in [-0.15, -0.1) is 0 Å². The Morgan fingerprint density at radius 2 is 2.00 bits per heavy atom. The van der Waals surface area contributed by atoms with Gasteiger partial charge >= 0.3 is 0 Å². The summed E-state index contributed by atoms with van der Waals surface area (Å²) in [6, 6.07) is 6.60. The lowest BCUT2D eigenvalue weighted by atomic mass is 9.97. The molecule has 1 heterocycles. The van der Waals surface area contributed by atoms with Gasteiger partial charge in [0, 0.05) is 25.3 Å². The van der Waals surface area contributed by atoms with Crippen LogP contribution in [0.1, 0.15) is 30.9 Å². The molecule has 0 saturated carbocycles. The number of benzene rings is 1. The van der Waals surface area contributed by atoms with Crippen LogP contribution in [0.3, 0.4) is 0 Å². The SMILES string of the molecule is Cc1ccc(CN)c(N2CCC(C)CC2)c1. The van der Waals surface area contributed by atoms with E-state index < -0.39 is 0 Å². The molecule has 2 heteroatoms. The minimum Gasteiger partial charge on any atom is -0.371 e. The van der Waals surface area contributed by atoms with E-state index in [1.165, 1.54) is 42.7 Å². The van der Waals surface area contributed by atoms with Gasteiger partial charge < -0.3 is 10.6 Å². The molecular weight excluding hydrogens is 196 g/mol. The molecule has 1 aliphatic heterocycles. The molecule has 16 heavy (non-hydrogen) atoms. The zero-order valence-electron chi connectivity index (χ0n) is 10.4. The van der Waals surface area contributed by atoms with E-state index in [9.17, 15) is 0 Å². The molecular formula is C14H22N2. The molecule has 0 radical (unpaired) electrons. The highest BCUT2D eigenvalue weighted by atomic mass is 15.1. The molecule has 1 saturated heterocycles. The average molecular weight is 218 g/mol. The second-order valence-corrected chi connectivity index (χ2v) is 5.01. The Kier molecular flexibility index (Phi) is 3.49. The summed E-state index contributed by atoms with van der Waals surface area (Å²) in [6.45, 7) is 7.49. The number of rotatable bonds is 2. The van der Waals surface area contributed by atoms with Gasteiger partial charge in [-0.1, -0.05) is 19.1 Å². The van der Waals surface area contributed by atoms with E-state index in [1.54, 1.807) is 0 Å². The molecule has 2 nitrogen and oxygen atoms in total. The van der Waals surface area contributed by atoms with Gasteiger partial charge in [-0.3, -0.25) is 0 Å². The maximum atomic E-state index is 5.81. The highest BCUT2D eigenvalue weighted by Gasteiger charge is 2.17. The van der Waals surface area contributed by atoms with E-state index in [0.29, 0.717) is 6.54 Å². The Hall–Kier alpha value is -1.02. The molecule has 1 fully saturated rings. The van der Waals surface area contributed by atoms with Gasteiger partial charge in [-0.25, -0.2) is 0 Å². The van der Waals surface area contributed by atoms with Crippen molar-refractivity contribution in [2.45, 2.75) is 33.2 Å². The van der Waals surface area contributed by atoms with E-state index in [1.807, 2.05) is 0 Å². The van der Waals surface area contributed by atoms with Crippen molar-refractivity contribution in [2.75, 3.05) is 18.0 Å². The van der Waals surface area contributed by atoms with Crippen molar-refractivity contribution in [3.8, 4) is 0 Å². The fourth-order valence-corrected chi connectivity index (χ4v) is 2.39. The van der Waals surface area contributed by atoms with Gasteiger partial charge in [-0.05, 0) is 42.9 Å². The Labute approximate surface area is 98.4 Å². The van der Waals surface area contributed by atoms with Crippen LogP contribution in [0.15, 0.2) is 18.2 Å². The molecule has 0 aliphatic carbocycles. The van der Waals surface area contributed by atoms with Crippen LogP contribution in [0.4, 0.5) is 5.69 Å². The predicted molar refractivity (Wildman–Crippen MR) is 69.7 cm³/mol. The number of nitrogens with two attached hydrogens (primary N) is 1. The van der Waals surface area contributed by atoms with E-state index in [0.717, 1.165) is 5.92 Å². The van der Waals surface area contributed by atoms with Gasteiger partial charge in [0.2, 0.25) is 0 Å². The summed E-state index contributed by atoms with van der Waals surface area (Å²) >= 11 is 0. The summed E-state index contributed by atoms with van der Waals surface area (Å²) < 4.78 is 0. The predicted octanol–water partition coefficient (Wildman–Crippen LogP) is 2.69. The first-order valence-corrected chi connectivity index (χ1v) is 6.25. The van der Waals surface area contributed by atoms with Crippen LogP contribution in [-0.4, -0.2) is 13.1 Å². The number of hydrogen-bond acceptors (Lipinski definition) is 2. The monoisotopic (exact) mass is 218 g/mol. The summed E-state index contributed by atoms with van der Waals surface area (Å²) in [7, 11) is 0. The van der Waals surface area contributed by atoms with Crippen molar-refractivity contribution in [1.82, 2.24) is 0 Å². The summed E-state index contributed by atoms with van der Waals surface area (Å²) in [4.78, 5) is 2.50. The molecule has 0 bridgehead atoms. The molecule has 1 aromatic carbocycles. The first-order valence-electron chi connectivity index (χ1n) is 6.25. The van der Waals surface area contributed by atoms with Gasteiger partial charge in [0.15, 0.2) is 0 Å². The number of hydrogen-bond donors (Lipinski definition) is 1. The molecule has 2 N–H and O–H groups in total. The molecule has 1 aromatic rings. The maximum Gasteiger partial charge on any atom is 0.0414 e. The molecule has 0 aromatic heterocycles. The third-order valence-electron chi connectivity index (χ3n) is 3.59. The van der Waals surface area contributed by atoms with Crippen molar-refractivity contribution in [3.05, 3.63) is 29.3 Å². The number of piperidine rings is 1. The van der Waals surface area contributed by atoms with Crippen LogP contribution in [-0.2, 0) is 6.54 Å². The highest BCUT2D eigenvalue weighted by Crippen LogP contribution is 2.27. The highest BCUT2D eigenvalue weighted by molar-refractivity contribution is 5.55. The summed E-state index contributed by atoms with van der Waals surface area (Å²) in [5.74, 6) is 0.877. The molecule has 2 rings (SSSR count). The number of nitrogens with zero attached hydrogens (tertiary/aromatic N) is 1. The zero-order valence-corrected chi connectivity index (χ0v) is 10.4. The fourth-order valence-electron chi connectivity index (χ4n) is 2.39. The largest absolute Gasteiger partial charge is 0.371 e. The Balaban J connectivity index is 2.21. The zero-order chi connectivity index (χ0) is 11.5. The summed E-state index contributed by atoms with van der Waals surface area (Å²) in [6.07, 6.45) is 2.61. The normalized spacial score (nSPS) is 17.8. The van der Waals surface area contributed by atoms with Crippen LogP contribution in [0.25, 0.3) is 0 Å². The van der Waals surface area contributed by atoms with Gasteiger partial charge in [0.05, 0.1) is 0 Å². The van der Waals surface area contributed by atoms with E-state index in [4.69, 9.17) is 5.73 Å². The lowest BCUT2D eigenvalue weighted by Gasteiger charge is -2.33. The Bertz CT molecular complexity index is 352. The Morgan fingerprint density at radius 3 is 2.62 bits per heavy atom. The number of aryl methyl sites for hydroxylation is 1. The lowest BCUT2D eigenvalue weighted by molar-refractivity contribution is 0.438. The fraction of sp³-hybridized carbons (Fsp3) is 0.571. The van der Waals surface area contributed by atoms with E-state index in [2.05, 4.69) is 36.9 Å². The molecule has 0 amide bonds. The van der Waals surface area contributed by atoms with Crippen molar-refractivity contribution in [3.63, 3.8) is 0 Å². The molecule has 0 unspecified atom stereocenters. The minimum atomic E-state index is 0.641. The standard InChI is InChI=1S/C14H22N2/c1-11-5-7-16(8-6-11)14-9-12(2)3-4-13(14)10-15/h3-4,9,11H,5-8,10,15H2,1-2H3. The number of anilines is 1. The van der Waals surface area contributed by atoms with E-state index in [-0.39, 0.29) is 0 Å². The van der Waals surface area contributed by atoms with Crippen LogP contribution in [0, 0.1) is 12.8 Å². The smallest absolute Gasteiger partial charge is 0.0414 e. The summed E-state index contributed by atoms with van der Waals surface area (Å²) in [5, 5.41) is 0.